The summed E-state index contributed by atoms with van der Waals surface area (Å²) in [5.41, 5.74) is -2.78. The number of halogens is 6. The molecule has 0 saturated heterocycles. The molecule has 0 atom stereocenters. The van der Waals surface area contributed by atoms with E-state index in [0.29, 0.717) is 66.0 Å². The first-order chi connectivity index (χ1) is 34.7. The topological polar surface area (TPSA) is 170 Å². The van der Waals surface area contributed by atoms with Crippen LogP contribution in [0.5, 0.6) is 11.5 Å². The molecule has 416 valence electrons. The number of benzene rings is 3. The Morgan fingerprint density at radius 1 is 0.600 bits per heavy atom. The lowest BCUT2D eigenvalue weighted by Crippen LogP contribution is -2.35. The van der Waals surface area contributed by atoms with Gasteiger partial charge in [0.25, 0.3) is 0 Å². The van der Waals surface area contributed by atoms with Gasteiger partial charge in [0.1, 0.15) is 39.9 Å². The molecule has 4 N–H and O–H groups in total. The monoisotopic (exact) mass is 1080 g/mol. The summed E-state index contributed by atoms with van der Waals surface area (Å²) in [5.74, 6) is -0.190. The van der Waals surface area contributed by atoms with E-state index in [9.17, 15) is 50.3 Å². The molecule has 0 radical (unpaired) electrons. The van der Waals surface area contributed by atoms with Gasteiger partial charge in [-0.1, -0.05) is 32.1 Å². The molecule has 0 unspecified atom stereocenters. The number of carbonyl (C=O) groups is 5. The predicted molar refractivity (Wildman–Crippen MR) is 278 cm³/mol. The smallest absolute Gasteiger partial charge is 0.418 e. The number of anilines is 1. The molecule has 0 heterocycles. The zero-order valence-electron chi connectivity index (χ0n) is 44.8. The fourth-order valence-corrected chi connectivity index (χ4v) is 8.36. The van der Waals surface area contributed by atoms with Gasteiger partial charge in [-0.2, -0.15) is 26.3 Å². The van der Waals surface area contributed by atoms with Crippen molar-refractivity contribution in [3.05, 3.63) is 94.2 Å². The Bertz CT molecular complexity index is 2440. The first kappa shape index (κ1) is 63.4. The van der Waals surface area contributed by atoms with Gasteiger partial charge in [-0.15, -0.1) is 11.8 Å². The fraction of sp³-hybridized carbons (Fsp3) is 0.545. The van der Waals surface area contributed by atoms with Crippen LogP contribution >= 0.6 is 11.8 Å². The van der Waals surface area contributed by atoms with Crippen molar-refractivity contribution >= 4 is 47.3 Å². The average molecular weight is 1080 g/mol. The van der Waals surface area contributed by atoms with Crippen LogP contribution in [0.2, 0.25) is 0 Å². The normalized spacial score (nSPS) is 12.1. The minimum Gasteiger partial charge on any atom is -0.457 e. The lowest BCUT2D eigenvalue weighted by atomic mass is 9.95. The highest BCUT2D eigenvalue weighted by molar-refractivity contribution is 7.99. The summed E-state index contributed by atoms with van der Waals surface area (Å²) in [6.07, 6.45) is -9.06. The van der Waals surface area contributed by atoms with E-state index >= 15 is 0 Å². The molecule has 0 fully saturated rings. The number of alkyl carbamates (subject to hydrolysis) is 3. The molecule has 20 heteroatoms. The molecule has 0 aliphatic rings. The Morgan fingerprint density at radius 2 is 1.17 bits per heavy atom. The number of aryl methyl sites for hydroxylation is 1. The largest absolute Gasteiger partial charge is 0.457 e. The Kier molecular flexibility index (Phi) is 23.9. The maximum atomic E-state index is 14.4. The quantitative estimate of drug-likeness (QED) is 0.0261. The molecule has 0 spiro atoms. The number of ketones is 2. The van der Waals surface area contributed by atoms with Gasteiger partial charge in [0.15, 0.2) is 0 Å². The number of carbonyl (C=O) groups excluding carboxylic acids is 5. The Hall–Kier alpha value is -5.92. The summed E-state index contributed by atoms with van der Waals surface area (Å²) in [5, 5.41) is 10.4. The molecular formula is C55H74F6N4O9S. The number of amides is 3. The predicted octanol–water partition coefficient (Wildman–Crippen LogP) is 13.9. The highest BCUT2D eigenvalue weighted by Gasteiger charge is 2.35. The Labute approximate surface area is 441 Å². The number of nitrogens with one attached hydrogen (secondary N) is 4. The van der Waals surface area contributed by atoms with Crippen molar-refractivity contribution in [3.63, 3.8) is 0 Å². The summed E-state index contributed by atoms with van der Waals surface area (Å²) >= 11 is 1.28. The molecule has 3 aromatic rings. The molecule has 0 bridgehead atoms. The van der Waals surface area contributed by atoms with Gasteiger partial charge >= 0.3 is 30.6 Å². The lowest BCUT2D eigenvalue weighted by molar-refractivity contribution is -0.138. The molecular weight excluding hydrogens is 1010 g/mol. The summed E-state index contributed by atoms with van der Waals surface area (Å²) in [6.45, 7) is 21.2. The molecule has 0 aliphatic heterocycles. The van der Waals surface area contributed by atoms with E-state index in [0.717, 1.165) is 18.2 Å². The van der Waals surface area contributed by atoms with E-state index in [-0.39, 0.29) is 85.8 Å². The highest BCUT2D eigenvalue weighted by Crippen LogP contribution is 2.40. The van der Waals surface area contributed by atoms with E-state index in [2.05, 4.69) is 27.8 Å². The van der Waals surface area contributed by atoms with Crippen molar-refractivity contribution < 1.29 is 69.3 Å². The Morgan fingerprint density at radius 3 is 1.75 bits per heavy atom. The van der Waals surface area contributed by atoms with Crippen molar-refractivity contribution in [2.24, 2.45) is 0 Å². The number of rotatable bonds is 26. The second-order valence-electron chi connectivity index (χ2n) is 21.0. The van der Waals surface area contributed by atoms with Crippen LogP contribution in [0, 0.1) is 0 Å². The molecule has 3 amide bonds. The van der Waals surface area contributed by atoms with Crippen LogP contribution in [0.1, 0.15) is 148 Å². The third-order valence-electron chi connectivity index (χ3n) is 10.4. The van der Waals surface area contributed by atoms with Gasteiger partial charge < -0.3 is 34.9 Å². The molecule has 0 saturated carbocycles. The number of ether oxygens (including phenoxy) is 4. The van der Waals surface area contributed by atoms with Crippen LogP contribution in [0.4, 0.5) is 46.4 Å². The maximum absolute atomic E-state index is 14.4. The molecule has 75 heavy (non-hydrogen) atoms. The number of alkyl halides is 6. The minimum absolute atomic E-state index is 0.0355. The standard InChI is InChI=1S/C55H74F6N4O9S/c1-12-27-75-47-38(32-41(66)19-15-13-14-17-35(2)65-50(70)74-53(9,10)11)30-40(54(56,57)58)31-39(47)33-42(67)29-36-20-23-46(37(28-36)18-16-24-63-48(68)72-51(3,4)5)71-43-21-22-45(44(34-43)55(59,60)61)62-25-26-64-49(69)73-52(6,7)8/h20-23,28,30-31,34,62H,2,12-19,24-27,29,32-33H2,1,3-11H3,(H,63,68)(H,64,69)(H,65,70). The highest BCUT2D eigenvalue weighted by atomic mass is 32.2. The SMILES string of the molecule is C=C(CCCCCC(=O)Cc1cc(C(F)(F)F)cc(CC(=O)Cc2ccc(Oc3ccc(NCCNC(=O)OC(C)(C)C)c(C(F)(F)F)c3)c(CCCNC(=O)OC(C)(C)C)c2)c1SCCC)NC(=O)OC(C)(C)C. The van der Waals surface area contributed by atoms with Crippen molar-refractivity contribution in [2.45, 2.75) is 174 Å². The number of hydrogen-bond donors (Lipinski definition) is 4. The molecule has 13 nitrogen and oxygen atoms in total. The molecule has 0 aliphatic carbocycles. The number of hydrogen-bond acceptors (Lipinski definition) is 11. The van der Waals surface area contributed by atoms with E-state index in [4.69, 9.17) is 18.9 Å². The van der Waals surface area contributed by atoms with Gasteiger partial charge in [-0.25, -0.2) is 14.4 Å². The van der Waals surface area contributed by atoms with Crippen LogP contribution in [0.3, 0.4) is 0 Å². The number of thioether (sulfide) groups is 1. The number of unbranched alkanes of at least 4 members (excludes halogenated alkanes) is 2. The first-order valence-corrected chi connectivity index (χ1v) is 25.9. The summed E-state index contributed by atoms with van der Waals surface area (Å²) < 4.78 is 108. The summed E-state index contributed by atoms with van der Waals surface area (Å²) in [4.78, 5) is 64.1. The van der Waals surface area contributed by atoms with Crippen LogP contribution in [0.25, 0.3) is 0 Å². The zero-order valence-corrected chi connectivity index (χ0v) is 45.6. The Balaban J connectivity index is 1.86. The maximum Gasteiger partial charge on any atom is 0.418 e. The van der Waals surface area contributed by atoms with E-state index in [1.54, 1.807) is 74.4 Å². The fourth-order valence-electron chi connectivity index (χ4n) is 7.32. The van der Waals surface area contributed by atoms with E-state index < -0.39 is 64.3 Å². The van der Waals surface area contributed by atoms with Crippen LogP contribution in [-0.2, 0) is 61.8 Å². The van der Waals surface area contributed by atoms with Gasteiger partial charge in [0, 0.05) is 61.6 Å². The molecule has 3 rings (SSSR count). The number of Topliss-reactive ketones (excluding diaryl/α,β-unsaturated/α-hetero) is 2. The third kappa shape index (κ3) is 25.0. The van der Waals surface area contributed by atoms with Crippen molar-refractivity contribution in [3.8, 4) is 11.5 Å². The molecule has 0 aromatic heterocycles. The van der Waals surface area contributed by atoms with Gasteiger partial charge in [-0.3, -0.25) is 14.9 Å². The lowest BCUT2D eigenvalue weighted by Gasteiger charge is -2.20. The second kappa shape index (κ2) is 28.3. The summed E-state index contributed by atoms with van der Waals surface area (Å²) in [7, 11) is 0. The molecule has 3 aromatic carbocycles. The van der Waals surface area contributed by atoms with Gasteiger partial charge in [0.2, 0.25) is 0 Å². The van der Waals surface area contributed by atoms with E-state index in [1.165, 1.54) is 30.0 Å². The van der Waals surface area contributed by atoms with Crippen molar-refractivity contribution in [1.82, 2.24) is 16.0 Å². The van der Waals surface area contributed by atoms with E-state index in [1.807, 2.05) is 6.92 Å². The first-order valence-electron chi connectivity index (χ1n) is 25.0. The number of allylic oxidation sites excluding steroid dienone is 1. The van der Waals surface area contributed by atoms with Crippen LogP contribution in [0.15, 0.2) is 65.7 Å². The second-order valence-corrected chi connectivity index (χ2v) is 22.1. The zero-order chi connectivity index (χ0) is 56.4. The third-order valence-corrected chi connectivity index (χ3v) is 11.8. The van der Waals surface area contributed by atoms with Gasteiger partial charge in [0.05, 0.1) is 11.1 Å². The van der Waals surface area contributed by atoms with Crippen LogP contribution < -0.4 is 26.0 Å². The summed E-state index contributed by atoms with van der Waals surface area (Å²) in [6, 6.07) is 9.97. The van der Waals surface area contributed by atoms with Crippen LogP contribution in [-0.4, -0.2) is 72.0 Å². The van der Waals surface area contributed by atoms with Crippen molar-refractivity contribution in [1.29, 1.82) is 0 Å². The average Bonchev–Trinajstić information content (AvgIpc) is 3.24. The van der Waals surface area contributed by atoms with Crippen molar-refractivity contribution in [2.75, 3.05) is 30.7 Å². The minimum atomic E-state index is -4.81. The van der Waals surface area contributed by atoms with Gasteiger partial charge in [-0.05, 0) is 165 Å².